The quantitative estimate of drug-likeness (QED) is 0.627. The zero-order valence-corrected chi connectivity index (χ0v) is 16.8. The summed E-state index contributed by atoms with van der Waals surface area (Å²) in [5.41, 5.74) is 1.25. The molecule has 0 radical (unpaired) electrons. The molecule has 1 aromatic heterocycles. The Hall–Kier alpha value is -1.57. The molecule has 2 heterocycles. The van der Waals surface area contributed by atoms with Gasteiger partial charge in [-0.05, 0) is 39.7 Å². The Bertz CT molecular complexity index is 703. The highest BCUT2D eigenvalue weighted by atomic mass is 32.2. The Morgan fingerprint density at radius 3 is 2.72 bits per heavy atom. The Morgan fingerprint density at radius 1 is 1.44 bits per heavy atom. The molecule has 1 aliphatic rings. The van der Waals surface area contributed by atoms with Crippen LogP contribution in [0.5, 0.6) is 0 Å². The molecule has 25 heavy (non-hydrogen) atoms. The molecule has 1 atom stereocenters. The second kappa shape index (κ2) is 7.76. The van der Waals surface area contributed by atoms with Crippen LogP contribution in [0.1, 0.15) is 45.6 Å². The summed E-state index contributed by atoms with van der Waals surface area (Å²) in [4.78, 5) is 6.77. The van der Waals surface area contributed by atoms with E-state index in [-0.39, 0.29) is 12.3 Å². The number of nitrogens with one attached hydrogen (secondary N) is 1. The van der Waals surface area contributed by atoms with Crippen LogP contribution in [0.4, 0.5) is 0 Å². The first-order chi connectivity index (χ1) is 11.6. The van der Waals surface area contributed by atoms with Gasteiger partial charge in [-0.15, -0.1) is 0 Å². The first kappa shape index (κ1) is 19.8. The molecule has 1 saturated heterocycles. The highest BCUT2D eigenvalue weighted by Crippen LogP contribution is 2.26. The molecule has 0 spiro atoms. The van der Waals surface area contributed by atoms with Crippen molar-refractivity contribution < 1.29 is 8.42 Å². The molecule has 142 valence electrons. The zero-order chi connectivity index (χ0) is 18.7. The van der Waals surface area contributed by atoms with Crippen LogP contribution in [-0.4, -0.2) is 65.7 Å². The lowest BCUT2D eigenvalue weighted by molar-refractivity contribution is 0.486. The predicted molar refractivity (Wildman–Crippen MR) is 102 cm³/mol. The molecule has 2 rings (SSSR count). The summed E-state index contributed by atoms with van der Waals surface area (Å²) in [6.45, 7) is 10.1. The summed E-state index contributed by atoms with van der Waals surface area (Å²) in [6, 6.07) is 0. The maximum absolute atomic E-state index is 12.2. The smallest absolute Gasteiger partial charge is 0.193 e. The minimum Gasteiger partial charge on any atom is -0.357 e. The Balaban J connectivity index is 2.01. The van der Waals surface area contributed by atoms with Gasteiger partial charge in [0.1, 0.15) is 0 Å². The van der Waals surface area contributed by atoms with Gasteiger partial charge in [-0.2, -0.15) is 5.10 Å². The largest absolute Gasteiger partial charge is 0.357 e. The number of aromatic nitrogens is 2. The van der Waals surface area contributed by atoms with Crippen molar-refractivity contribution in [3.05, 3.63) is 18.0 Å². The van der Waals surface area contributed by atoms with Crippen molar-refractivity contribution in [3.63, 3.8) is 0 Å². The second-order valence-corrected chi connectivity index (χ2v) is 10.4. The molecule has 1 fully saturated rings. The topological polar surface area (TPSA) is 79.6 Å². The standard InChI is InChI=1S/C17H31N5O2S/c1-6-18-16(19-8-10-25(23,24)17(2,3)4)22-9-7-14(13-22)15-11-20-21(5)12-15/h11-12,14H,6-10,13H2,1-5H3,(H,18,19). The van der Waals surface area contributed by atoms with Crippen LogP contribution in [-0.2, 0) is 16.9 Å². The van der Waals surface area contributed by atoms with Crippen LogP contribution in [0.15, 0.2) is 17.4 Å². The summed E-state index contributed by atoms with van der Waals surface area (Å²) in [5, 5.41) is 7.54. The van der Waals surface area contributed by atoms with Gasteiger partial charge in [-0.3, -0.25) is 9.67 Å². The van der Waals surface area contributed by atoms with Crippen molar-refractivity contribution in [3.8, 4) is 0 Å². The third-order valence-corrected chi connectivity index (χ3v) is 7.16. The number of hydrogen-bond donors (Lipinski definition) is 1. The first-order valence-electron chi connectivity index (χ1n) is 8.88. The number of aliphatic imine (C=N–C) groups is 1. The van der Waals surface area contributed by atoms with Crippen LogP contribution >= 0.6 is 0 Å². The number of nitrogens with zero attached hydrogens (tertiary/aromatic N) is 4. The average Bonchev–Trinajstić information content (AvgIpc) is 3.13. The van der Waals surface area contributed by atoms with E-state index < -0.39 is 14.6 Å². The maximum Gasteiger partial charge on any atom is 0.193 e. The van der Waals surface area contributed by atoms with Crippen molar-refractivity contribution in [1.29, 1.82) is 0 Å². The third kappa shape index (κ3) is 4.96. The number of guanidine groups is 1. The fourth-order valence-corrected chi connectivity index (χ4v) is 3.82. The minimum absolute atomic E-state index is 0.0747. The van der Waals surface area contributed by atoms with Gasteiger partial charge in [0, 0.05) is 38.8 Å². The summed E-state index contributed by atoms with van der Waals surface area (Å²) < 4.78 is 25.6. The monoisotopic (exact) mass is 369 g/mol. The molecule has 0 aromatic carbocycles. The van der Waals surface area contributed by atoms with Gasteiger partial charge in [-0.1, -0.05) is 0 Å². The molecule has 0 amide bonds. The van der Waals surface area contributed by atoms with E-state index in [4.69, 9.17) is 0 Å². The average molecular weight is 370 g/mol. The molecule has 1 unspecified atom stereocenters. The molecule has 0 saturated carbocycles. The minimum atomic E-state index is -3.15. The van der Waals surface area contributed by atoms with Crippen molar-refractivity contribution in [2.24, 2.45) is 12.0 Å². The van der Waals surface area contributed by atoms with Gasteiger partial charge in [-0.25, -0.2) is 8.42 Å². The Kier molecular flexibility index (Phi) is 6.13. The van der Waals surface area contributed by atoms with Crippen LogP contribution in [0.25, 0.3) is 0 Å². The van der Waals surface area contributed by atoms with E-state index >= 15 is 0 Å². The summed E-state index contributed by atoms with van der Waals surface area (Å²) in [7, 11) is -1.22. The molecular formula is C17H31N5O2S. The van der Waals surface area contributed by atoms with Crippen molar-refractivity contribution in [1.82, 2.24) is 20.0 Å². The van der Waals surface area contributed by atoms with Crippen molar-refractivity contribution in [2.75, 3.05) is 31.9 Å². The van der Waals surface area contributed by atoms with Crippen LogP contribution in [0.3, 0.4) is 0 Å². The van der Waals surface area contributed by atoms with Crippen molar-refractivity contribution in [2.45, 2.75) is 44.8 Å². The van der Waals surface area contributed by atoms with E-state index in [1.54, 1.807) is 20.8 Å². The SMILES string of the molecule is CCNC(=NCCS(=O)(=O)C(C)(C)C)N1CCC(c2cnn(C)c2)C1. The van der Waals surface area contributed by atoms with E-state index in [2.05, 4.69) is 26.5 Å². The van der Waals surface area contributed by atoms with E-state index in [0.29, 0.717) is 5.92 Å². The van der Waals surface area contributed by atoms with E-state index in [9.17, 15) is 8.42 Å². The van der Waals surface area contributed by atoms with Gasteiger partial charge >= 0.3 is 0 Å². The number of rotatable bonds is 5. The fourth-order valence-electron chi connectivity index (χ4n) is 2.88. The zero-order valence-electron chi connectivity index (χ0n) is 16.0. The third-order valence-electron chi connectivity index (χ3n) is 4.57. The lowest BCUT2D eigenvalue weighted by Gasteiger charge is -2.22. The molecule has 0 bridgehead atoms. The lowest BCUT2D eigenvalue weighted by Crippen LogP contribution is -2.40. The first-order valence-corrected chi connectivity index (χ1v) is 10.5. The Morgan fingerprint density at radius 2 is 2.16 bits per heavy atom. The normalized spacial score (nSPS) is 19.5. The molecule has 8 heteroatoms. The second-order valence-electron chi connectivity index (χ2n) is 7.55. The molecule has 7 nitrogen and oxygen atoms in total. The predicted octanol–water partition coefficient (Wildman–Crippen LogP) is 1.39. The lowest BCUT2D eigenvalue weighted by atomic mass is 10.0. The van der Waals surface area contributed by atoms with E-state index in [1.165, 1.54) is 5.56 Å². The highest BCUT2D eigenvalue weighted by Gasteiger charge is 2.29. The molecule has 0 aliphatic carbocycles. The van der Waals surface area contributed by atoms with Crippen molar-refractivity contribution >= 4 is 15.8 Å². The number of aryl methyl sites for hydroxylation is 1. The summed E-state index contributed by atoms with van der Waals surface area (Å²) >= 11 is 0. The van der Waals surface area contributed by atoms with E-state index in [1.807, 2.05) is 24.9 Å². The molecular weight excluding hydrogens is 338 g/mol. The van der Waals surface area contributed by atoms with Gasteiger partial charge in [0.05, 0.1) is 23.2 Å². The molecule has 1 aromatic rings. The maximum atomic E-state index is 12.2. The summed E-state index contributed by atoms with van der Waals surface area (Å²) in [6.07, 6.45) is 5.04. The fraction of sp³-hybridized carbons (Fsp3) is 0.765. The number of likely N-dealkylation sites (tertiary alicyclic amines) is 1. The Labute approximate surface area is 151 Å². The number of hydrogen-bond acceptors (Lipinski definition) is 4. The molecule has 1 aliphatic heterocycles. The number of sulfone groups is 1. The van der Waals surface area contributed by atoms with Gasteiger partial charge in [0.2, 0.25) is 0 Å². The molecule has 1 N–H and O–H groups in total. The van der Waals surface area contributed by atoms with Crippen LogP contribution < -0.4 is 5.32 Å². The van der Waals surface area contributed by atoms with Crippen LogP contribution in [0, 0.1) is 0 Å². The van der Waals surface area contributed by atoms with E-state index in [0.717, 1.165) is 32.0 Å². The van der Waals surface area contributed by atoms with Gasteiger partial charge in [0.25, 0.3) is 0 Å². The summed E-state index contributed by atoms with van der Waals surface area (Å²) in [5.74, 6) is 1.32. The van der Waals surface area contributed by atoms with Gasteiger partial charge < -0.3 is 10.2 Å². The van der Waals surface area contributed by atoms with Gasteiger partial charge in [0.15, 0.2) is 15.8 Å². The highest BCUT2D eigenvalue weighted by molar-refractivity contribution is 7.92. The van der Waals surface area contributed by atoms with Crippen LogP contribution in [0.2, 0.25) is 0 Å².